The molecule has 3 unspecified atom stereocenters. The maximum absolute atomic E-state index is 13.9. The Morgan fingerprint density at radius 3 is 2.75 bits per heavy atom. The maximum atomic E-state index is 13.9. The third-order valence-corrected chi connectivity index (χ3v) is 5.39. The Morgan fingerprint density at radius 1 is 1.38 bits per heavy atom. The number of benzene rings is 1. The summed E-state index contributed by atoms with van der Waals surface area (Å²) in [6, 6.07) is 4.25. The molecule has 0 aliphatic heterocycles. The van der Waals surface area contributed by atoms with E-state index in [0.29, 0.717) is 17.6 Å². The number of aromatic hydroxyl groups is 1. The summed E-state index contributed by atoms with van der Waals surface area (Å²) in [6.07, 6.45) is 5.27. The van der Waals surface area contributed by atoms with Crippen LogP contribution in [0.2, 0.25) is 0 Å². The van der Waals surface area contributed by atoms with E-state index in [9.17, 15) is 19.1 Å². The van der Waals surface area contributed by atoms with Crippen molar-refractivity contribution in [1.29, 1.82) is 0 Å². The van der Waals surface area contributed by atoms with Gasteiger partial charge in [-0.15, -0.1) is 0 Å². The highest BCUT2D eigenvalue weighted by atomic mass is 19.1. The van der Waals surface area contributed by atoms with Crippen molar-refractivity contribution < 1.29 is 19.1 Å². The third kappa shape index (κ3) is 2.09. The SMILES string of the molecule is C=CC1=CCC2C(=O)C(C)=CC(=O)C2(C)C1c1cccc(F)c1O. The number of allylic oxidation sites excluding steroid dienone is 5. The highest BCUT2D eigenvalue weighted by Crippen LogP contribution is 2.56. The molecule has 0 spiro atoms. The van der Waals surface area contributed by atoms with Gasteiger partial charge in [-0.05, 0) is 36.6 Å². The molecule has 2 aliphatic carbocycles. The number of hydrogen-bond acceptors (Lipinski definition) is 3. The first-order valence-electron chi connectivity index (χ1n) is 7.89. The van der Waals surface area contributed by atoms with Crippen molar-refractivity contribution in [2.24, 2.45) is 11.3 Å². The van der Waals surface area contributed by atoms with E-state index < -0.39 is 28.8 Å². The molecular weight excluding hydrogens is 307 g/mol. The van der Waals surface area contributed by atoms with E-state index >= 15 is 0 Å². The molecule has 0 radical (unpaired) electrons. The topological polar surface area (TPSA) is 54.4 Å². The van der Waals surface area contributed by atoms with E-state index in [1.807, 2.05) is 6.08 Å². The van der Waals surface area contributed by atoms with Crippen molar-refractivity contribution >= 4 is 11.6 Å². The average Bonchev–Trinajstić information content (AvgIpc) is 2.55. The summed E-state index contributed by atoms with van der Waals surface area (Å²) in [4.78, 5) is 25.5. The Labute approximate surface area is 140 Å². The smallest absolute Gasteiger partial charge is 0.165 e. The lowest BCUT2D eigenvalue weighted by molar-refractivity contribution is -0.137. The molecule has 0 heterocycles. The number of carbonyl (C=O) groups is 2. The Hall–Kier alpha value is -2.49. The normalized spacial score (nSPS) is 29.6. The van der Waals surface area contributed by atoms with Gasteiger partial charge in [0.15, 0.2) is 23.1 Å². The van der Waals surface area contributed by atoms with Crippen molar-refractivity contribution in [3.05, 3.63) is 65.5 Å². The number of rotatable bonds is 2. The van der Waals surface area contributed by atoms with Crippen molar-refractivity contribution in [2.45, 2.75) is 26.2 Å². The zero-order valence-corrected chi connectivity index (χ0v) is 13.7. The second-order valence-corrected chi connectivity index (χ2v) is 6.65. The molecule has 0 fully saturated rings. The molecule has 1 aromatic rings. The monoisotopic (exact) mass is 326 g/mol. The molecule has 2 aliphatic rings. The van der Waals surface area contributed by atoms with E-state index in [1.165, 1.54) is 12.1 Å². The maximum Gasteiger partial charge on any atom is 0.165 e. The zero-order valence-electron chi connectivity index (χ0n) is 13.7. The minimum Gasteiger partial charge on any atom is -0.505 e. The van der Waals surface area contributed by atoms with Gasteiger partial charge in [0.05, 0.1) is 5.41 Å². The first-order chi connectivity index (χ1) is 11.3. The molecule has 0 bridgehead atoms. The van der Waals surface area contributed by atoms with Crippen LogP contribution in [0, 0.1) is 17.2 Å². The van der Waals surface area contributed by atoms with Crippen LogP contribution in [0.3, 0.4) is 0 Å². The predicted octanol–water partition coefficient (Wildman–Crippen LogP) is 3.85. The molecule has 0 amide bonds. The van der Waals surface area contributed by atoms with Crippen molar-refractivity contribution in [3.63, 3.8) is 0 Å². The molecule has 3 nitrogen and oxygen atoms in total. The minimum atomic E-state index is -1.07. The molecule has 0 saturated carbocycles. The third-order valence-electron chi connectivity index (χ3n) is 5.39. The standard InChI is InChI=1S/C20H19FO3/c1-4-12-8-9-14-18(23)11(2)10-16(22)20(14,3)17(12)13-6-5-7-15(21)19(13)24/h4-8,10,14,17,24H,1,9H2,2-3H3. The van der Waals surface area contributed by atoms with E-state index in [2.05, 4.69) is 6.58 Å². The number of hydrogen-bond donors (Lipinski definition) is 1. The Kier molecular flexibility index (Phi) is 3.78. The summed E-state index contributed by atoms with van der Waals surface area (Å²) in [5.74, 6) is -2.62. The summed E-state index contributed by atoms with van der Waals surface area (Å²) in [6.45, 7) is 7.15. The van der Waals surface area contributed by atoms with Gasteiger partial charge in [-0.25, -0.2) is 4.39 Å². The lowest BCUT2D eigenvalue weighted by Gasteiger charge is -2.47. The quantitative estimate of drug-likeness (QED) is 0.898. The van der Waals surface area contributed by atoms with Crippen LogP contribution in [0.15, 0.2) is 54.2 Å². The number of Topliss-reactive ketones (excluding diaryl/α,β-unsaturated/α-hetero) is 1. The summed E-state index contributed by atoms with van der Waals surface area (Å²) in [5.41, 5.74) is 0.409. The Bertz CT molecular complexity index is 818. The second kappa shape index (κ2) is 5.55. The number of fused-ring (bicyclic) bond motifs is 1. The Balaban J connectivity index is 2.28. The van der Waals surface area contributed by atoms with Crippen molar-refractivity contribution in [1.82, 2.24) is 0 Å². The number of phenolic OH excluding ortho intramolecular Hbond substituents is 1. The minimum absolute atomic E-state index is 0.0719. The highest BCUT2D eigenvalue weighted by Gasteiger charge is 2.55. The fourth-order valence-electron chi connectivity index (χ4n) is 4.02. The van der Waals surface area contributed by atoms with Gasteiger partial charge in [-0.1, -0.05) is 37.8 Å². The van der Waals surface area contributed by atoms with Crippen LogP contribution in [0.5, 0.6) is 5.75 Å². The lowest BCUT2D eigenvalue weighted by Crippen LogP contribution is -2.49. The van der Waals surface area contributed by atoms with Gasteiger partial charge in [-0.3, -0.25) is 9.59 Å². The first kappa shape index (κ1) is 16.4. The van der Waals surface area contributed by atoms with Crippen LogP contribution in [-0.4, -0.2) is 16.7 Å². The van der Waals surface area contributed by atoms with Gasteiger partial charge in [0.25, 0.3) is 0 Å². The second-order valence-electron chi connectivity index (χ2n) is 6.65. The van der Waals surface area contributed by atoms with Crippen LogP contribution >= 0.6 is 0 Å². The van der Waals surface area contributed by atoms with Gasteiger partial charge >= 0.3 is 0 Å². The summed E-state index contributed by atoms with van der Waals surface area (Å²) in [7, 11) is 0. The Morgan fingerprint density at radius 2 is 2.08 bits per heavy atom. The molecule has 0 aromatic heterocycles. The fraction of sp³-hybridized carbons (Fsp3) is 0.300. The molecule has 3 atom stereocenters. The molecule has 24 heavy (non-hydrogen) atoms. The van der Waals surface area contributed by atoms with Crippen LogP contribution in [0.25, 0.3) is 0 Å². The van der Waals surface area contributed by atoms with Gasteiger partial charge in [0, 0.05) is 17.4 Å². The number of carbonyl (C=O) groups excluding carboxylic acids is 2. The van der Waals surface area contributed by atoms with Gasteiger partial charge in [0.2, 0.25) is 0 Å². The zero-order chi connectivity index (χ0) is 17.6. The summed E-state index contributed by atoms with van der Waals surface area (Å²) in [5, 5.41) is 10.2. The molecule has 3 rings (SSSR count). The van der Waals surface area contributed by atoms with E-state index in [1.54, 1.807) is 26.0 Å². The summed E-state index contributed by atoms with van der Waals surface area (Å²) < 4.78 is 13.9. The number of phenols is 1. The lowest BCUT2D eigenvalue weighted by atomic mass is 9.53. The molecule has 1 aromatic carbocycles. The van der Waals surface area contributed by atoms with Crippen molar-refractivity contribution in [3.8, 4) is 5.75 Å². The van der Waals surface area contributed by atoms with Crippen LogP contribution in [0.4, 0.5) is 4.39 Å². The number of ketones is 2. The number of para-hydroxylation sites is 1. The van der Waals surface area contributed by atoms with Crippen LogP contribution < -0.4 is 0 Å². The first-order valence-corrected chi connectivity index (χ1v) is 7.89. The summed E-state index contributed by atoms with van der Waals surface area (Å²) >= 11 is 0. The van der Waals surface area contributed by atoms with Crippen LogP contribution in [0.1, 0.15) is 31.7 Å². The fourth-order valence-corrected chi connectivity index (χ4v) is 4.02. The molecular formula is C20H19FO3. The van der Waals surface area contributed by atoms with E-state index in [0.717, 1.165) is 11.6 Å². The van der Waals surface area contributed by atoms with Gasteiger partial charge in [0.1, 0.15) is 0 Å². The van der Waals surface area contributed by atoms with Crippen LogP contribution in [-0.2, 0) is 9.59 Å². The molecule has 124 valence electrons. The van der Waals surface area contributed by atoms with E-state index in [-0.39, 0.29) is 11.6 Å². The predicted molar refractivity (Wildman–Crippen MR) is 89.1 cm³/mol. The van der Waals surface area contributed by atoms with E-state index in [4.69, 9.17) is 0 Å². The van der Waals surface area contributed by atoms with Gasteiger partial charge in [-0.2, -0.15) is 0 Å². The van der Waals surface area contributed by atoms with Gasteiger partial charge < -0.3 is 5.11 Å². The molecule has 1 N–H and O–H groups in total. The average molecular weight is 326 g/mol. The van der Waals surface area contributed by atoms with Crippen molar-refractivity contribution in [2.75, 3.05) is 0 Å². The molecule has 4 heteroatoms. The number of halogens is 1. The highest BCUT2D eigenvalue weighted by molar-refractivity contribution is 6.13. The molecule has 0 saturated heterocycles. The largest absolute Gasteiger partial charge is 0.505 e.